The first-order chi connectivity index (χ1) is 12.7. The van der Waals surface area contributed by atoms with Gasteiger partial charge in [0.15, 0.2) is 11.5 Å². The second kappa shape index (κ2) is 6.75. The van der Waals surface area contributed by atoms with Crippen molar-refractivity contribution in [1.82, 2.24) is 4.98 Å². The van der Waals surface area contributed by atoms with Crippen LogP contribution < -0.4 is 14.8 Å². The Morgan fingerprint density at radius 1 is 1.04 bits per heavy atom. The summed E-state index contributed by atoms with van der Waals surface area (Å²) < 4.78 is 10.5. The molecule has 0 spiro atoms. The van der Waals surface area contributed by atoms with E-state index in [0.717, 1.165) is 18.4 Å². The number of benzene rings is 2. The molecule has 1 amide bonds. The third-order valence-corrected chi connectivity index (χ3v) is 5.02. The number of aryl methyl sites for hydroxylation is 2. The number of aromatic amines is 1. The molecule has 1 aliphatic carbocycles. The highest BCUT2D eigenvalue weighted by atomic mass is 16.5. The van der Waals surface area contributed by atoms with Gasteiger partial charge in [0.2, 0.25) is 0 Å². The van der Waals surface area contributed by atoms with Crippen LogP contribution in [0.4, 0.5) is 5.69 Å². The Hall–Kier alpha value is -2.95. The van der Waals surface area contributed by atoms with E-state index in [1.54, 1.807) is 32.4 Å². The molecule has 0 saturated heterocycles. The Labute approximate surface area is 152 Å². The van der Waals surface area contributed by atoms with Gasteiger partial charge in [0.25, 0.3) is 5.91 Å². The van der Waals surface area contributed by atoms with Crippen LogP contribution in [-0.2, 0) is 12.8 Å². The zero-order valence-corrected chi connectivity index (χ0v) is 15.0. The standard InChI is InChI=1S/C21H22N2O3/c1-25-18-11-10-13(12-19(18)26-2)22-21(24)16-8-5-7-15-14-6-3-4-9-17(14)23-20(15)16/h5,7-8,10-12,23H,3-4,6,9H2,1-2H3,(H,22,24). The van der Waals surface area contributed by atoms with Gasteiger partial charge in [-0.2, -0.15) is 0 Å². The number of H-pyrrole nitrogens is 1. The fourth-order valence-corrected chi connectivity index (χ4v) is 3.73. The van der Waals surface area contributed by atoms with E-state index in [4.69, 9.17) is 9.47 Å². The van der Waals surface area contributed by atoms with Crippen LogP contribution in [0.5, 0.6) is 11.5 Å². The highest BCUT2D eigenvalue weighted by Crippen LogP contribution is 2.32. The molecule has 4 rings (SSSR count). The van der Waals surface area contributed by atoms with Crippen molar-refractivity contribution in [1.29, 1.82) is 0 Å². The minimum absolute atomic E-state index is 0.138. The van der Waals surface area contributed by atoms with E-state index in [2.05, 4.69) is 16.4 Å². The minimum atomic E-state index is -0.138. The molecule has 2 aromatic carbocycles. The summed E-state index contributed by atoms with van der Waals surface area (Å²) in [6.07, 6.45) is 4.55. The Bertz CT molecular complexity index is 975. The van der Waals surface area contributed by atoms with E-state index >= 15 is 0 Å². The number of amides is 1. The number of ether oxygens (including phenoxy) is 2. The van der Waals surface area contributed by atoms with Crippen LogP contribution >= 0.6 is 0 Å². The van der Waals surface area contributed by atoms with E-state index < -0.39 is 0 Å². The Morgan fingerprint density at radius 2 is 1.85 bits per heavy atom. The SMILES string of the molecule is COc1ccc(NC(=O)c2cccc3c4c([nH]c23)CCCC4)cc1OC. The number of para-hydroxylation sites is 1. The summed E-state index contributed by atoms with van der Waals surface area (Å²) in [7, 11) is 3.16. The summed E-state index contributed by atoms with van der Waals surface area (Å²) in [5.41, 5.74) is 4.90. The van der Waals surface area contributed by atoms with Crippen molar-refractivity contribution in [2.45, 2.75) is 25.7 Å². The molecule has 1 aromatic heterocycles. The van der Waals surface area contributed by atoms with Gasteiger partial charge >= 0.3 is 0 Å². The van der Waals surface area contributed by atoms with Gasteiger partial charge in [0.1, 0.15) is 0 Å². The summed E-state index contributed by atoms with van der Waals surface area (Å²) in [5, 5.41) is 4.13. The molecule has 5 nitrogen and oxygen atoms in total. The second-order valence-corrected chi connectivity index (χ2v) is 6.54. The highest BCUT2D eigenvalue weighted by Gasteiger charge is 2.19. The maximum atomic E-state index is 12.9. The highest BCUT2D eigenvalue weighted by molar-refractivity contribution is 6.12. The topological polar surface area (TPSA) is 63.3 Å². The summed E-state index contributed by atoms with van der Waals surface area (Å²) in [6.45, 7) is 0. The fourth-order valence-electron chi connectivity index (χ4n) is 3.73. The predicted molar refractivity (Wildman–Crippen MR) is 102 cm³/mol. The van der Waals surface area contributed by atoms with Gasteiger partial charge < -0.3 is 19.8 Å². The largest absolute Gasteiger partial charge is 0.493 e. The number of hydrogen-bond acceptors (Lipinski definition) is 3. The smallest absolute Gasteiger partial charge is 0.257 e. The molecule has 0 radical (unpaired) electrons. The van der Waals surface area contributed by atoms with Crippen LogP contribution in [0.25, 0.3) is 10.9 Å². The second-order valence-electron chi connectivity index (χ2n) is 6.54. The molecule has 0 saturated carbocycles. The number of hydrogen-bond donors (Lipinski definition) is 2. The summed E-state index contributed by atoms with van der Waals surface area (Å²) >= 11 is 0. The molecule has 5 heteroatoms. The molecule has 3 aromatic rings. The molecule has 0 unspecified atom stereocenters. The van der Waals surface area contributed by atoms with Crippen LogP contribution in [0, 0.1) is 0 Å². The van der Waals surface area contributed by atoms with Crippen molar-refractivity contribution >= 4 is 22.5 Å². The Morgan fingerprint density at radius 3 is 2.65 bits per heavy atom. The van der Waals surface area contributed by atoms with Crippen LogP contribution in [0.3, 0.4) is 0 Å². The number of nitrogens with one attached hydrogen (secondary N) is 2. The minimum Gasteiger partial charge on any atom is -0.493 e. The van der Waals surface area contributed by atoms with E-state index in [1.165, 1.54) is 29.5 Å². The van der Waals surface area contributed by atoms with Gasteiger partial charge in [-0.15, -0.1) is 0 Å². The molecule has 1 heterocycles. The fraction of sp³-hybridized carbons (Fsp3) is 0.286. The maximum Gasteiger partial charge on any atom is 0.257 e. The van der Waals surface area contributed by atoms with Crippen LogP contribution in [-0.4, -0.2) is 25.1 Å². The molecule has 26 heavy (non-hydrogen) atoms. The molecular weight excluding hydrogens is 328 g/mol. The van der Waals surface area contributed by atoms with Crippen molar-refractivity contribution in [2.75, 3.05) is 19.5 Å². The lowest BCUT2D eigenvalue weighted by atomic mass is 9.95. The number of rotatable bonds is 4. The van der Waals surface area contributed by atoms with E-state index in [1.807, 2.05) is 12.1 Å². The van der Waals surface area contributed by atoms with Crippen LogP contribution in [0.2, 0.25) is 0 Å². The lowest BCUT2D eigenvalue weighted by Crippen LogP contribution is -2.12. The van der Waals surface area contributed by atoms with Crippen molar-refractivity contribution in [3.8, 4) is 11.5 Å². The van der Waals surface area contributed by atoms with E-state index in [-0.39, 0.29) is 5.91 Å². The number of methoxy groups -OCH3 is 2. The molecule has 2 N–H and O–H groups in total. The first-order valence-corrected chi connectivity index (χ1v) is 8.87. The predicted octanol–water partition coefficient (Wildman–Crippen LogP) is 4.32. The maximum absolute atomic E-state index is 12.9. The molecule has 134 valence electrons. The number of fused-ring (bicyclic) bond motifs is 3. The number of aromatic nitrogens is 1. The van der Waals surface area contributed by atoms with Crippen molar-refractivity contribution in [3.05, 3.63) is 53.2 Å². The Kier molecular flexibility index (Phi) is 4.29. The molecule has 0 fully saturated rings. The average molecular weight is 350 g/mol. The lowest BCUT2D eigenvalue weighted by molar-refractivity contribution is 0.102. The number of anilines is 1. The molecular formula is C21H22N2O3. The van der Waals surface area contributed by atoms with Gasteiger partial charge in [-0.25, -0.2) is 0 Å². The van der Waals surface area contributed by atoms with Crippen molar-refractivity contribution < 1.29 is 14.3 Å². The molecule has 1 aliphatic rings. The zero-order valence-electron chi connectivity index (χ0n) is 15.0. The van der Waals surface area contributed by atoms with Crippen molar-refractivity contribution in [2.24, 2.45) is 0 Å². The van der Waals surface area contributed by atoms with Gasteiger partial charge in [0, 0.05) is 22.8 Å². The van der Waals surface area contributed by atoms with Crippen LogP contribution in [0.1, 0.15) is 34.5 Å². The van der Waals surface area contributed by atoms with Gasteiger partial charge in [0.05, 0.1) is 25.3 Å². The summed E-state index contributed by atoms with van der Waals surface area (Å²) in [4.78, 5) is 16.4. The normalized spacial score (nSPS) is 13.3. The first kappa shape index (κ1) is 16.5. The van der Waals surface area contributed by atoms with Crippen molar-refractivity contribution in [3.63, 3.8) is 0 Å². The lowest BCUT2D eigenvalue weighted by Gasteiger charge is -2.11. The average Bonchev–Trinajstić information content (AvgIpc) is 3.06. The third kappa shape index (κ3) is 2.79. The van der Waals surface area contributed by atoms with Gasteiger partial charge in [-0.1, -0.05) is 12.1 Å². The monoisotopic (exact) mass is 350 g/mol. The first-order valence-electron chi connectivity index (χ1n) is 8.87. The van der Waals surface area contributed by atoms with Crippen LogP contribution in [0.15, 0.2) is 36.4 Å². The Balaban J connectivity index is 1.67. The number of carbonyl (C=O) groups excluding carboxylic acids is 1. The third-order valence-electron chi connectivity index (χ3n) is 5.02. The zero-order chi connectivity index (χ0) is 18.1. The molecule has 0 aliphatic heterocycles. The van der Waals surface area contributed by atoms with E-state index in [0.29, 0.717) is 22.7 Å². The van der Waals surface area contributed by atoms with Gasteiger partial charge in [-0.3, -0.25) is 4.79 Å². The van der Waals surface area contributed by atoms with E-state index in [9.17, 15) is 4.79 Å². The quantitative estimate of drug-likeness (QED) is 0.737. The molecule has 0 atom stereocenters. The molecule has 0 bridgehead atoms. The van der Waals surface area contributed by atoms with Gasteiger partial charge in [-0.05, 0) is 49.4 Å². The summed E-state index contributed by atoms with van der Waals surface area (Å²) in [5.74, 6) is 1.07. The summed E-state index contributed by atoms with van der Waals surface area (Å²) in [6, 6.07) is 11.3. The number of carbonyl (C=O) groups is 1.